The van der Waals surface area contributed by atoms with Crippen LogP contribution in [0.3, 0.4) is 0 Å². The summed E-state index contributed by atoms with van der Waals surface area (Å²) in [6.45, 7) is 6.73. The summed E-state index contributed by atoms with van der Waals surface area (Å²) in [5.74, 6) is 0. The highest BCUT2D eigenvalue weighted by Crippen LogP contribution is 1.89. The molecule has 2 nitrogen and oxygen atoms in total. The fourth-order valence-electron chi connectivity index (χ4n) is 0.921. The first-order valence-corrected chi connectivity index (χ1v) is 4.75. The molecule has 0 saturated carbocycles. The Balaban J connectivity index is 3.02. The van der Waals surface area contributed by atoms with Gasteiger partial charge in [-0.1, -0.05) is 26.7 Å². The molecule has 0 aliphatic heterocycles. The lowest BCUT2D eigenvalue weighted by Crippen LogP contribution is -2.35. The highest BCUT2D eigenvalue weighted by Gasteiger charge is 1.93. The Kier molecular flexibility index (Phi) is 7.96. The normalized spacial score (nSPS) is 10.9. The fourth-order valence-corrected chi connectivity index (χ4v) is 0.921. The van der Waals surface area contributed by atoms with Crippen LogP contribution in [0.4, 0.5) is 0 Å². The summed E-state index contributed by atoms with van der Waals surface area (Å²) < 4.78 is 0. The second-order valence-corrected chi connectivity index (χ2v) is 3.04. The predicted molar refractivity (Wildman–Crippen MR) is 50.4 cm³/mol. The van der Waals surface area contributed by atoms with Gasteiger partial charge in [-0.25, -0.2) is 5.01 Å². The molecule has 0 atom stereocenters. The smallest absolute Gasteiger partial charge is 0.0127 e. The van der Waals surface area contributed by atoms with Crippen LogP contribution in [0.1, 0.15) is 39.5 Å². The molecule has 2 heteroatoms. The third-order valence-corrected chi connectivity index (χ3v) is 1.76. The van der Waals surface area contributed by atoms with Gasteiger partial charge in [0.15, 0.2) is 0 Å². The molecule has 0 saturated heterocycles. The van der Waals surface area contributed by atoms with Gasteiger partial charge in [-0.05, 0) is 12.8 Å². The lowest BCUT2D eigenvalue weighted by Gasteiger charge is -2.17. The van der Waals surface area contributed by atoms with Crippen LogP contribution >= 0.6 is 0 Å². The average molecular weight is 158 g/mol. The number of nitrogens with zero attached hydrogens (tertiary/aromatic N) is 1. The third-order valence-electron chi connectivity index (χ3n) is 1.76. The van der Waals surface area contributed by atoms with E-state index in [-0.39, 0.29) is 0 Å². The van der Waals surface area contributed by atoms with E-state index in [1.54, 1.807) is 0 Å². The molecule has 1 N–H and O–H groups in total. The summed E-state index contributed by atoms with van der Waals surface area (Å²) >= 11 is 0. The Labute approximate surface area is 70.9 Å². The summed E-state index contributed by atoms with van der Waals surface area (Å²) in [4.78, 5) is 0. The zero-order valence-corrected chi connectivity index (χ0v) is 8.19. The zero-order valence-electron chi connectivity index (χ0n) is 8.19. The first kappa shape index (κ1) is 10.9. The maximum absolute atomic E-state index is 3.35. The van der Waals surface area contributed by atoms with Crippen LogP contribution in [0.25, 0.3) is 0 Å². The maximum Gasteiger partial charge on any atom is 0.0127 e. The SMILES string of the molecule is CCCCNN(C)CCCC. The summed E-state index contributed by atoms with van der Waals surface area (Å²) in [5, 5.41) is 2.19. The molecule has 11 heavy (non-hydrogen) atoms. The largest absolute Gasteiger partial charge is 0.255 e. The maximum atomic E-state index is 3.35. The van der Waals surface area contributed by atoms with Crippen LogP contribution in [0.15, 0.2) is 0 Å². The molecule has 0 heterocycles. The molecule has 0 aromatic heterocycles. The van der Waals surface area contributed by atoms with Gasteiger partial charge in [0, 0.05) is 20.1 Å². The summed E-state index contributed by atoms with van der Waals surface area (Å²) in [5.41, 5.74) is 3.35. The van der Waals surface area contributed by atoms with Crippen molar-refractivity contribution in [3.63, 3.8) is 0 Å². The first-order chi connectivity index (χ1) is 5.31. The van der Waals surface area contributed by atoms with Crippen molar-refractivity contribution in [2.45, 2.75) is 39.5 Å². The van der Waals surface area contributed by atoms with Gasteiger partial charge in [0.25, 0.3) is 0 Å². The molecule has 0 aliphatic carbocycles. The number of hydrazine groups is 1. The Bertz CT molecular complexity index is 74.0. The monoisotopic (exact) mass is 158 g/mol. The molecule has 0 spiro atoms. The molecule has 0 fully saturated rings. The highest BCUT2D eigenvalue weighted by molar-refractivity contribution is 4.45. The first-order valence-electron chi connectivity index (χ1n) is 4.75. The van der Waals surface area contributed by atoms with Crippen LogP contribution in [-0.2, 0) is 0 Å². The van der Waals surface area contributed by atoms with E-state index in [1.807, 2.05) is 0 Å². The predicted octanol–water partition coefficient (Wildman–Crippen LogP) is 2.02. The number of nitrogens with one attached hydrogen (secondary N) is 1. The topological polar surface area (TPSA) is 15.3 Å². The van der Waals surface area contributed by atoms with Gasteiger partial charge in [0.2, 0.25) is 0 Å². The molecule has 0 rings (SSSR count). The van der Waals surface area contributed by atoms with Crippen LogP contribution in [0.5, 0.6) is 0 Å². The van der Waals surface area contributed by atoms with Crippen LogP contribution in [0.2, 0.25) is 0 Å². The molecular weight excluding hydrogens is 136 g/mol. The van der Waals surface area contributed by atoms with Crippen molar-refractivity contribution in [1.82, 2.24) is 10.4 Å². The lowest BCUT2D eigenvalue weighted by molar-refractivity contribution is 0.230. The Morgan fingerprint density at radius 2 is 1.73 bits per heavy atom. The molecule has 0 aromatic carbocycles. The minimum atomic E-state index is 1.12. The summed E-state index contributed by atoms with van der Waals surface area (Å²) in [6.07, 6.45) is 5.11. The van der Waals surface area contributed by atoms with E-state index in [0.29, 0.717) is 0 Å². The minimum absolute atomic E-state index is 1.12. The van der Waals surface area contributed by atoms with E-state index < -0.39 is 0 Å². The van der Waals surface area contributed by atoms with Crippen LogP contribution in [0, 0.1) is 0 Å². The second kappa shape index (κ2) is 8.02. The van der Waals surface area contributed by atoms with Crippen LogP contribution < -0.4 is 5.43 Å². The minimum Gasteiger partial charge on any atom is -0.255 e. The average Bonchev–Trinajstić information content (AvgIpc) is 2.01. The van der Waals surface area contributed by atoms with E-state index in [1.165, 1.54) is 32.2 Å². The van der Waals surface area contributed by atoms with Gasteiger partial charge in [-0.15, -0.1) is 0 Å². The Hall–Kier alpha value is -0.0800. The van der Waals surface area contributed by atoms with E-state index in [4.69, 9.17) is 0 Å². The van der Waals surface area contributed by atoms with E-state index in [9.17, 15) is 0 Å². The van der Waals surface area contributed by atoms with Crippen molar-refractivity contribution in [1.29, 1.82) is 0 Å². The molecule has 0 radical (unpaired) electrons. The second-order valence-electron chi connectivity index (χ2n) is 3.04. The van der Waals surface area contributed by atoms with Crippen molar-refractivity contribution in [3.05, 3.63) is 0 Å². The molecule has 0 unspecified atom stereocenters. The third kappa shape index (κ3) is 7.82. The number of rotatable bonds is 7. The van der Waals surface area contributed by atoms with Crippen molar-refractivity contribution >= 4 is 0 Å². The highest BCUT2D eigenvalue weighted by atomic mass is 15.5. The van der Waals surface area contributed by atoms with Crippen molar-refractivity contribution < 1.29 is 0 Å². The van der Waals surface area contributed by atoms with Crippen molar-refractivity contribution in [3.8, 4) is 0 Å². The Morgan fingerprint density at radius 3 is 2.27 bits per heavy atom. The number of unbranched alkanes of at least 4 members (excludes halogenated alkanes) is 2. The molecule has 0 bridgehead atoms. The van der Waals surface area contributed by atoms with Crippen LogP contribution in [-0.4, -0.2) is 25.1 Å². The summed E-state index contributed by atoms with van der Waals surface area (Å²) in [6, 6.07) is 0. The van der Waals surface area contributed by atoms with E-state index in [0.717, 1.165) is 6.54 Å². The molecule has 0 aliphatic rings. The van der Waals surface area contributed by atoms with Gasteiger partial charge in [-0.3, -0.25) is 5.43 Å². The molecule has 0 aromatic rings. The number of hydrogen-bond donors (Lipinski definition) is 1. The van der Waals surface area contributed by atoms with Gasteiger partial charge in [-0.2, -0.15) is 0 Å². The van der Waals surface area contributed by atoms with Gasteiger partial charge < -0.3 is 0 Å². The zero-order chi connectivity index (χ0) is 8.53. The van der Waals surface area contributed by atoms with Gasteiger partial charge in [0.05, 0.1) is 0 Å². The standard InChI is InChI=1S/C9H22N2/c1-4-6-8-10-11(3)9-7-5-2/h10H,4-9H2,1-3H3. The summed E-state index contributed by atoms with van der Waals surface area (Å²) in [7, 11) is 2.12. The lowest BCUT2D eigenvalue weighted by atomic mass is 10.3. The number of hydrogen-bond acceptors (Lipinski definition) is 2. The van der Waals surface area contributed by atoms with E-state index >= 15 is 0 Å². The molecule has 0 amide bonds. The van der Waals surface area contributed by atoms with Crippen molar-refractivity contribution in [2.24, 2.45) is 0 Å². The van der Waals surface area contributed by atoms with E-state index in [2.05, 4.69) is 31.3 Å². The Morgan fingerprint density at radius 1 is 1.09 bits per heavy atom. The quantitative estimate of drug-likeness (QED) is 0.450. The molecule has 68 valence electrons. The van der Waals surface area contributed by atoms with Gasteiger partial charge in [0.1, 0.15) is 0 Å². The van der Waals surface area contributed by atoms with Gasteiger partial charge >= 0.3 is 0 Å². The van der Waals surface area contributed by atoms with Crippen molar-refractivity contribution in [2.75, 3.05) is 20.1 Å². The molecular formula is C9H22N2. The fraction of sp³-hybridized carbons (Fsp3) is 1.00.